The Morgan fingerprint density at radius 1 is 1.03 bits per heavy atom. The molecule has 0 saturated carbocycles. The number of nitrogens with one attached hydrogen (secondary N) is 4. The standard InChI is InChI=1S/C27H33N5O6/c1-3-8-29-27(34)32-16-22-17-37-24-6-5-20(13-25(24)38-22)35-10-4-11-36-21-12-23-19(7-9-28-18(2)33)14-30-26(23)31-15-21/h5-6,12-15,17H,3-4,7-11,16H2,1-2H3,(H,28,33)(H,30,31)(H2,29,32,34). The predicted octanol–water partition coefficient (Wildman–Crippen LogP) is 3.41. The van der Waals surface area contributed by atoms with Gasteiger partial charge in [-0.25, -0.2) is 9.78 Å². The lowest BCUT2D eigenvalue weighted by Crippen LogP contribution is -2.37. The molecule has 0 aliphatic carbocycles. The minimum atomic E-state index is -0.257. The molecule has 4 rings (SSSR count). The third-order valence-electron chi connectivity index (χ3n) is 5.62. The summed E-state index contributed by atoms with van der Waals surface area (Å²) >= 11 is 0. The molecule has 202 valence electrons. The van der Waals surface area contributed by atoms with E-state index < -0.39 is 0 Å². The molecule has 0 spiro atoms. The van der Waals surface area contributed by atoms with Gasteiger partial charge < -0.3 is 39.9 Å². The molecule has 3 amide bonds. The molecule has 11 heteroatoms. The lowest BCUT2D eigenvalue weighted by molar-refractivity contribution is -0.118. The van der Waals surface area contributed by atoms with Crippen LogP contribution in [0.4, 0.5) is 4.79 Å². The molecule has 0 atom stereocenters. The van der Waals surface area contributed by atoms with E-state index in [0.29, 0.717) is 67.9 Å². The Morgan fingerprint density at radius 2 is 1.87 bits per heavy atom. The fraction of sp³-hybridized carbons (Fsp3) is 0.370. The second-order valence-corrected chi connectivity index (χ2v) is 8.69. The first-order valence-corrected chi connectivity index (χ1v) is 12.7. The van der Waals surface area contributed by atoms with E-state index in [-0.39, 0.29) is 18.5 Å². The maximum atomic E-state index is 11.7. The van der Waals surface area contributed by atoms with E-state index in [2.05, 4.69) is 25.9 Å². The third kappa shape index (κ3) is 7.55. The summed E-state index contributed by atoms with van der Waals surface area (Å²) < 4.78 is 23.2. The number of aromatic amines is 1. The Morgan fingerprint density at radius 3 is 2.68 bits per heavy atom. The fourth-order valence-electron chi connectivity index (χ4n) is 3.73. The SMILES string of the molecule is CCCNC(=O)NCC1=COc2ccc(OCCCOc3cnc4[nH]cc(CCNC(C)=O)c4c3)cc2O1. The molecule has 2 aromatic heterocycles. The molecule has 0 unspecified atom stereocenters. The molecular formula is C27H33N5O6. The van der Waals surface area contributed by atoms with Crippen molar-refractivity contribution in [2.45, 2.75) is 33.1 Å². The van der Waals surface area contributed by atoms with Crippen LogP contribution in [0.15, 0.2) is 48.7 Å². The van der Waals surface area contributed by atoms with Crippen molar-refractivity contribution < 1.29 is 28.5 Å². The first-order valence-electron chi connectivity index (χ1n) is 12.7. The summed E-state index contributed by atoms with van der Waals surface area (Å²) in [5.41, 5.74) is 1.85. The first kappa shape index (κ1) is 26.6. The maximum Gasteiger partial charge on any atom is 0.315 e. The van der Waals surface area contributed by atoms with Crippen LogP contribution in [-0.2, 0) is 11.2 Å². The number of rotatable bonds is 13. The number of nitrogens with zero attached hydrogens (tertiary/aromatic N) is 1. The number of pyridine rings is 1. The Labute approximate surface area is 220 Å². The van der Waals surface area contributed by atoms with Gasteiger partial charge >= 0.3 is 6.03 Å². The number of hydrogen-bond donors (Lipinski definition) is 4. The number of urea groups is 1. The average Bonchev–Trinajstić information content (AvgIpc) is 3.32. The molecule has 0 saturated heterocycles. The molecule has 0 radical (unpaired) electrons. The van der Waals surface area contributed by atoms with E-state index in [1.807, 2.05) is 25.3 Å². The van der Waals surface area contributed by atoms with Crippen LogP contribution in [-0.4, -0.2) is 54.8 Å². The highest BCUT2D eigenvalue weighted by Crippen LogP contribution is 2.35. The van der Waals surface area contributed by atoms with Crippen LogP contribution in [0.5, 0.6) is 23.0 Å². The molecule has 11 nitrogen and oxygen atoms in total. The normalized spacial score (nSPS) is 12.0. The van der Waals surface area contributed by atoms with Crippen molar-refractivity contribution in [1.82, 2.24) is 25.9 Å². The molecule has 3 aromatic rings. The molecule has 3 heterocycles. The minimum absolute atomic E-state index is 0.0482. The van der Waals surface area contributed by atoms with E-state index in [0.717, 1.165) is 23.0 Å². The van der Waals surface area contributed by atoms with Crippen LogP contribution < -0.4 is 34.9 Å². The van der Waals surface area contributed by atoms with Crippen LogP contribution >= 0.6 is 0 Å². The Hall–Kier alpha value is -4.41. The van der Waals surface area contributed by atoms with Crippen LogP contribution in [0.1, 0.15) is 32.3 Å². The molecule has 1 aromatic carbocycles. The Bertz CT molecular complexity index is 1290. The molecular weight excluding hydrogens is 490 g/mol. The van der Waals surface area contributed by atoms with Gasteiger partial charge in [0.2, 0.25) is 5.91 Å². The zero-order chi connectivity index (χ0) is 26.7. The minimum Gasteiger partial charge on any atom is -0.493 e. The maximum absolute atomic E-state index is 11.7. The van der Waals surface area contributed by atoms with Gasteiger partial charge in [-0.2, -0.15) is 0 Å². The summed E-state index contributed by atoms with van der Waals surface area (Å²) in [7, 11) is 0. The fourth-order valence-corrected chi connectivity index (χ4v) is 3.73. The van der Waals surface area contributed by atoms with Crippen molar-refractivity contribution in [3.8, 4) is 23.0 Å². The zero-order valence-corrected chi connectivity index (χ0v) is 21.6. The monoisotopic (exact) mass is 523 g/mol. The van der Waals surface area contributed by atoms with Crippen molar-refractivity contribution >= 4 is 23.0 Å². The van der Waals surface area contributed by atoms with Crippen LogP contribution in [0, 0.1) is 0 Å². The van der Waals surface area contributed by atoms with Gasteiger partial charge in [-0.3, -0.25) is 4.79 Å². The number of H-pyrrole nitrogens is 1. The van der Waals surface area contributed by atoms with Gasteiger partial charge in [-0.1, -0.05) is 6.92 Å². The molecule has 4 N–H and O–H groups in total. The van der Waals surface area contributed by atoms with Crippen molar-refractivity contribution in [1.29, 1.82) is 0 Å². The number of amides is 3. The van der Waals surface area contributed by atoms with Crippen molar-refractivity contribution in [3.63, 3.8) is 0 Å². The lowest BCUT2D eigenvalue weighted by atomic mass is 10.1. The van der Waals surface area contributed by atoms with Crippen LogP contribution in [0.3, 0.4) is 0 Å². The van der Waals surface area contributed by atoms with E-state index in [9.17, 15) is 9.59 Å². The lowest BCUT2D eigenvalue weighted by Gasteiger charge is -2.19. The van der Waals surface area contributed by atoms with Gasteiger partial charge in [0.05, 0.1) is 26.0 Å². The third-order valence-corrected chi connectivity index (χ3v) is 5.62. The summed E-state index contributed by atoms with van der Waals surface area (Å²) in [6, 6.07) is 7.04. The van der Waals surface area contributed by atoms with E-state index >= 15 is 0 Å². The number of ether oxygens (including phenoxy) is 4. The number of benzene rings is 1. The molecule has 0 bridgehead atoms. The average molecular weight is 524 g/mol. The van der Waals surface area contributed by atoms with Gasteiger partial charge in [0.25, 0.3) is 0 Å². The molecule has 1 aliphatic rings. The van der Waals surface area contributed by atoms with Gasteiger partial charge in [0, 0.05) is 44.1 Å². The highest BCUT2D eigenvalue weighted by molar-refractivity contribution is 5.81. The molecule has 0 fully saturated rings. The van der Waals surface area contributed by atoms with Gasteiger partial charge in [0.1, 0.15) is 23.4 Å². The second kappa shape index (κ2) is 13.2. The molecule has 1 aliphatic heterocycles. The number of carbonyl (C=O) groups excluding carboxylic acids is 2. The van der Waals surface area contributed by atoms with Gasteiger partial charge in [0.15, 0.2) is 17.3 Å². The second-order valence-electron chi connectivity index (χ2n) is 8.69. The van der Waals surface area contributed by atoms with Crippen molar-refractivity contribution in [3.05, 3.63) is 54.2 Å². The van der Waals surface area contributed by atoms with Crippen molar-refractivity contribution in [2.24, 2.45) is 0 Å². The number of carbonyl (C=O) groups is 2. The van der Waals surface area contributed by atoms with E-state index in [1.165, 1.54) is 13.2 Å². The smallest absolute Gasteiger partial charge is 0.315 e. The first-order chi connectivity index (χ1) is 18.5. The summed E-state index contributed by atoms with van der Waals surface area (Å²) in [6.07, 6.45) is 7.30. The summed E-state index contributed by atoms with van der Waals surface area (Å²) in [6.45, 7) is 5.78. The number of aromatic nitrogens is 2. The van der Waals surface area contributed by atoms with Crippen LogP contribution in [0.25, 0.3) is 11.0 Å². The van der Waals surface area contributed by atoms with Gasteiger partial charge in [-0.15, -0.1) is 0 Å². The van der Waals surface area contributed by atoms with Gasteiger partial charge in [-0.05, 0) is 36.6 Å². The van der Waals surface area contributed by atoms with Crippen molar-refractivity contribution in [2.75, 3.05) is 32.8 Å². The summed E-state index contributed by atoms with van der Waals surface area (Å²) in [4.78, 5) is 30.4. The highest BCUT2D eigenvalue weighted by atomic mass is 16.6. The quantitative estimate of drug-likeness (QED) is 0.252. The predicted molar refractivity (Wildman–Crippen MR) is 142 cm³/mol. The van der Waals surface area contributed by atoms with Crippen LogP contribution in [0.2, 0.25) is 0 Å². The largest absolute Gasteiger partial charge is 0.493 e. The number of hydrogen-bond acceptors (Lipinski definition) is 7. The summed E-state index contributed by atoms with van der Waals surface area (Å²) in [5, 5.41) is 9.25. The Balaban J connectivity index is 1.20. The summed E-state index contributed by atoms with van der Waals surface area (Å²) in [5.74, 6) is 2.85. The zero-order valence-electron chi connectivity index (χ0n) is 21.6. The number of fused-ring (bicyclic) bond motifs is 2. The Kier molecular flexibility index (Phi) is 9.27. The topological polar surface area (TPSA) is 136 Å². The highest BCUT2D eigenvalue weighted by Gasteiger charge is 2.16. The van der Waals surface area contributed by atoms with E-state index in [4.69, 9.17) is 18.9 Å². The molecule has 38 heavy (non-hydrogen) atoms. The van der Waals surface area contributed by atoms with E-state index in [1.54, 1.807) is 18.3 Å².